The Morgan fingerprint density at radius 1 is 1.25 bits per heavy atom. The lowest BCUT2D eigenvalue weighted by Gasteiger charge is -2.28. The molecule has 0 heterocycles. The molecule has 1 unspecified atom stereocenters. The van der Waals surface area contributed by atoms with Crippen LogP contribution in [0.2, 0.25) is 0 Å². The molecule has 0 saturated heterocycles. The van der Waals surface area contributed by atoms with Gasteiger partial charge in [0.05, 0.1) is 19.1 Å². The van der Waals surface area contributed by atoms with Gasteiger partial charge in [0.15, 0.2) is 0 Å². The van der Waals surface area contributed by atoms with Gasteiger partial charge in [-0.1, -0.05) is 0 Å². The van der Waals surface area contributed by atoms with Crippen molar-refractivity contribution in [2.24, 2.45) is 11.3 Å². The third-order valence-corrected chi connectivity index (χ3v) is 5.24. The van der Waals surface area contributed by atoms with E-state index in [2.05, 4.69) is 8.92 Å². The van der Waals surface area contributed by atoms with Gasteiger partial charge in [-0.25, -0.2) is 0 Å². The van der Waals surface area contributed by atoms with E-state index < -0.39 is 21.7 Å². The zero-order valence-electron chi connectivity index (χ0n) is 10.8. The second-order valence-electron chi connectivity index (χ2n) is 5.34. The predicted molar refractivity (Wildman–Crippen MR) is 60.9 cm³/mol. The zero-order valence-corrected chi connectivity index (χ0v) is 11.6. The van der Waals surface area contributed by atoms with Gasteiger partial charge in [0.25, 0.3) is 0 Å². The molecule has 116 valence electrons. The summed E-state index contributed by atoms with van der Waals surface area (Å²) in [5.41, 5.74) is -5.62. The van der Waals surface area contributed by atoms with Gasteiger partial charge >= 0.3 is 21.6 Å². The highest BCUT2D eigenvalue weighted by atomic mass is 32.2. The largest absolute Gasteiger partial charge is 0.523 e. The first-order valence-corrected chi connectivity index (χ1v) is 7.59. The van der Waals surface area contributed by atoms with E-state index in [-0.39, 0.29) is 30.1 Å². The molecule has 0 radical (unpaired) electrons. The van der Waals surface area contributed by atoms with Crippen molar-refractivity contribution in [1.82, 2.24) is 0 Å². The average molecular weight is 316 g/mol. The van der Waals surface area contributed by atoms with Gasteiger partial charge in [-0.05, 0) is 37.5 Å². The number of carbonyl (C=O) groups is 1. The van der Waals surface area contributed by atoms with E-state index in [9.17, 15) is 26.4 Å². The van der Waals surface area contributed by atoms with Gasteiger partial charge in [0, 0.05) is 0 Å². The van der Waals surface area contributed by atoms with E-state index in [0.29, 0.717) is 19.3 Å². The van der Waals surface area contributed by atoms with Crippen LogP contribution < -0.4 is 0 Å². The predicted octanol–water partition coefficient (Wildman–Crippen LogP) is 1.97. The van der Waals surface area contributed by atoms with E-state index in [1.165, 1.54) is 7.11 Å². The second kappa shape index (κ2) is 4.87. The van der Waals surface area contributed by atoms with E-state index in [4.69, 9.17) is 0 Å². The minimum absolute atomic E-state index is 0.197. The summed E-state index contributed by atoms with van der Waals surface area (Å²) in [7, 11) is -4.25. The first-order valence-electron chi connectivity index (χ1n) is 6.19. The van der Waals surface area contributed by atoms with Crippen LogP contribution in [-0.2, 0) is 23.8 Å². The number of alkyl halides is 3. The first-order chi connectivity index (χ1) is 9.11. The van der Waals surface area contributed by atoms with Crippen molar-refractivity contribution in [3.63, 3.8) is 0 Å². The topological polar surface area (TPSA) is 69.7 Å². The van der Waals surface area contributed by atoms with E-state index >= 15 is 0 Å². The fraction of sp³-hybridized carbons (Fsp3) is 0.909. The maximum Gasteiger partial charge on any atom is 0.523 e. The van der Waals surface area contributed by atoms with Gasteiger partial charge in [0.2, 0.25) is 0 Å². The minimum Gasteiger partial charge on any atom is -0.469 e. The molecular weight excluding hydrogens is 301 g/mol. The van der Waals surface area contributed by atoms with Crippen LogP contribution in [0.15, 0.2) is 0 Å². The molecule has 2 rings (SSSR count). The van der Waals surface area contributed by atoms with Crippen molar-refractivity contribution in [3.05, 3.63) is 0 Å². The van der Waals surface area contributed by atoms with Gasteiger partial charge in [-0.15, -0.1) is 0 Å². The fourth-order valence-electron chi connectivity index (χ4n) is 2.87. The highest BCUT2D eigenvalue weighted by Gasteiger charge is 2.60. The number of carbonyl (C=O) groups excluding carboxylic acids is 1. The molecule has 20 heavy (non-hydrogen) atoms. The van der Waals surface area contributed by atoms with Crippen LogP contribution in [0.25, 0.3) is 0 Å². The average Bonchev–Trinajstić information content (AvgIpc) is 3.04. The Morgan fingerprint density at radius 3 is 2.25 bits per heavy atom. The molecule has 2 aliphatic carbocycles. The summed E-state index contributed by atoms with van der Waals surface area (Å²) in [6.07, 6.45) is 1.03. The molecule has 1 spiro atoms. The van der Waals surface area contributed by atoms with Crippen LogP contribution in [0.1, 0.15) is 32.1 Å². The lowest BCUT2D eigenvalue weighted by Crippen LogP contribution is -2.33. The van der Waals surface area contributed by atoms with Gasteiger partial charge < -0.3 is 4.74 Å². The number of ether oxygens (including phenoxy) is 1. The quantitative estimate of drug-likeness (QED) is 0.452. The Morgan fingerprint density at radius 2 is 1.80 bits per heavy atom. The molecule has 0 amide bonds. The minimum atomic E-state index is -5.54. The molecule has 5 nitrogen and oxygen atoms in total. The molecule has 0 aromatic heterocycles. The van der Waals surface area contributed by atoms with Crippen molar-refractivity contribution in [2.75, 3.05) is 7.11 Å². The number of esters is 1. The first kappa shape index (κ1) is 15.6. The van der Waals surface area contributed by atoms with Crippen LogP contribution in [0.3, 0.4) is 0 Å². The SMILES string of the molecule is COC(=O)C1CC12CCC(OS(=O)(=O)C(F)(F)F)CC2. The molecule has 1 atom stereocenters. The second-order valence-corrected chi connectivity index (χ2v) is 6.90. The Kier molecular flexibility index (Phi) is 3.79. The normalized spacial score (nSPS) is 34.0. The van der Waals surface area contributed by atoms with Crippen LogP contribution in [0.5, 0.6) is 0 Å². The molecule has 9 heteroatoms. The summed E-state index contributed by atoms with van der Waals surface area (Å²) in [4.78, 5) is 11.4. The fourth-order valence-corrected chi connectivity index (χ4v) is 3.53. The number of halogens is 3. The van der Waals surface area contributed by atoms with Crippen LogP contribution in [0.4, 0.5) is 13.2 Å². The highest BCUT2D eigenvalue weighted by molar-refractivity contribution is 7.87. The zero-order chi connectivity index (χ0) is 15.2. The molecule has 2 fully saturated rings. The summed E-state index contributed by atoms with van der Waals surface area (Å²) < 4.78 is 67.2. The molecule has 0 bridgehead atoms. The van der Waals surface area contributed by atoms with Crippen LogP contribution in [0, 0.1) is 11.3 Å². The van der Waals surface area contributed by atoms with E-state index in [1.54, 1.807) is 0 Å². The summed E-state index contributed by atoms with van der Waals surface area (Å²) in [5.74, 6) is -0.528. The smallest absolute Gasteiger partial charge is 0.469 e. The monoisotopic (exact) mass is 316 g/mol. The van der Waals surface area contributed by atoms with Crippen molar-refractivity contribution in [3.8, 4) is 0 Å². The summed E-state index contributed by atoms with van der Waals surface area (Å²) in [6, 6.07) is 0. The van der Waals surface area contributed by atoms with Gasteiger partial charge in [-0.3, -0.25) is 8.98 Å². The number of methoxy groups -OCH3 is 1. The third kappa shape index (κ3) is 2.78. The maximum absolute atomic E-state index is 12.2. The highest BCUT2D eigenvalue weighted by Crippen LogP contribution is 2.62. The maximum atomic E-state index is 12.2. The molecule has 0 aromatic carbocycles. The lowest BCUT2D eigenvalue weighted by molar-refractivity contribution is -0.143. The Balaban J connectivity index is 1.89. The van der Waals surface area contributed by atoms with Crippen molar-refractivity contribution in [1.29, 1.82) is 0 Å². The Hall–Kier alpha value is -0.830. The van der Waals surface area contributed by atoms with Gasteiger partial charge in [0.1, 0.15) is 0 Å². The summed E-state index contributed by atoms with van der Waals surface area (Å²) >= 11 is 0. The standard InChI is InChI=1S/C11H15F3O5S/c1-18-9(15)8-6-10(8)4-2-7(3-5-10)19-20(16,17)11(12,13)14/h7-8H,2-6H2,1H3. The molecule has 0 aromatic rings. The Bertz CT molecular complexity index is 491. The van der Waals surface area contributed by atoms with E-state index in [0.717, 1.165) is 0 Å². The van der Waals surface area contributed by atoms with Crippen molar-refractivity contribution >= 4 is 16.1 Å². The molecule has 2 saturated carbocycles. The summed E-state index contributed by atoms with van der Waals surface area (Å²) in [5, 5.41) is 0. The molecule has 0 N–H and O–H groups in total. The van der Waals surface area contributed by atoms with E-state index in [1.807, 2.05) is 0 Å². The number of hydrogen-bond donors (Lipinski definition) is 0. The van der Waals surface area contributed by atoms with Crippen LogP contribution in [-0.4, -0.2) is 33.1 Å². The summed E-state index contributed by atoms with van der Waals surface area (Å²) in [6.45, 7) is 0. The molecule has 0 aliphatic heterocycles. The molecule has 2 aliphatic rings. The van der Waals surface area contributed by atoms with Crippen LogP contribution >= 0.6 is 0 Å². The van der Waals surface area contributed by atoms with Crippen molar-refractivity contribution < 1.29 is 35.3 Å². The van der Waals surface area contributed by atoms with Crippen molar-refractivity contribution in [2.45, 2.75) is 43.7 Å². The number of hydrogen-bond acceptors (Lipinski definition) is 5. The number of rotatable bonds is 3. The third-order valence-electron chi connectivity index (χ3n) is 4.15. The Labute approximate surface area is 114 Å². The van der Waals surface area contributed by atoms with Gasteiger partial charge in [-0.2, -0.15) is 21.6 Å². The molecular formula is C11H15F3O5S. The lowest BCUT2D eigenvalue weighted by atomic mass is 9.83.